The molecular formula is C25H22N2O3S. The number of carbonyl (C=O) groups excluding carboxylic acids is 1. The predicted molar refractivity (Wildman–Crippen MR) is 122 cm³/mol. The van der Waals surface area contributed by atoms with Gasteiger partial charge in [0, 0.05) is 4.90 Å². The van der Waals surface area contributed by atoms with Gasteiger partial charge < -0.3 is 9.47 Å². The zero-order valence-corrected chi connectivity index (χ0v) is 18.3. The lowest BCUT2D eigenvalue weighted by Crippen LogP contribution is -2.13. The van der Waals surface area contributed by atoms with Gasteiger partial charge in [-0.3, -0.25) is 0 Å². The number of aryl methyl sites for hydroxylation is 2. The minimum atomic E-state index is -0.500. The summed E-state index contributed by atoms with van der Waals surface area (Å²) in [6, 6.07) is 24.8. The SMILES string of the molecule is COc1ccccc1C(=O)Oc1c(Sc2ccc(C)cc2)c(C)nn1-c1ccccc1. The average molecular weight is 431 g/mol. The van der Waals surface area contributed by atoms with Crippen molar-refractivity contribution in [2.75, 3.05) is 7.11 Å². The van der Waals surface area contributed by atoms with Gasteiger partial charge in [-0.15, -0.1) is 0 Å². The Balaban J connectivity index is 1.77. The first-order valence-corrected chi connectivity index (χ1v) is 10.6. The number of ether oxygens (including phenoxy) is 2. The quantitative estimate of drug-likeness (QED) is 0.358. The highest BCUT2D eigenvalue weighted by Gasteiger charge is 2.24. The number of methoxy groups -OCH3 is 1. The van der Waals surface area contributed by atoms with Gasteiger partial charge in [-0.05, 0) is 50.2 Å². The van der Waals surface area contributed by atoms with Crippen LogP contribution in [0.3, 0.4) is 0 Å². The molecule has 4 rings (SSSR count). The molecular weight excluding hydrogens is 408 g/mol. The summed E-state index contributed by atoms with van der Waals surface area (Å²) in [5.41, 5.74) is 3.13. The van der Waals surface area contributed by atoms with Crippen LogP contribution in [0.25, 0.3) is 5.69 Å². The maximum Gasteiger partial charge on any atom is 0.348 e. The fourth-order valence-electron chi connectivity index (χ4n) is 3.12. The Labute approximate surface area is 185 Å². The number of esters is 1. The van der Waals surface area contributed by atoms with Crippen LogP contribution in [0.15, 0.2) is 88.7 Å². The smallest absolute Gasteiger partial charge is 0.348 e. The van der Waals surface area contributed by atoms with Crippen LogP contribution in [0.5, 0.6) is 11.6 Å². The summed E-state index contributed by atoms with van der Waals surface area (Å²) < 4.78 is 12.9. The van der Waals surface area contributed by atoms with Gasteiger partial charge in [0.25, 0.3) is 0 Å². The second-order valence-corrected chi connectivity index (χ2v) is 8.06. The molecule has 4 aromatic rings. The molecule has 1 aromatic heterocycles. The van der Waals surface area contributed by atoms with E-state index in [1.807, 2.05) is 62.4 Å². The Morgan fingerprint density at radius 1 is 0.903 bits per heavy atom. The highest BCUT2D eigenvalue weighted by Crippen LogP contribution is 2.39. The third-order valence-electron chi connectivity index (χ3n) is 4.72. The maximum absolute atomic E-state index is 13.1. The van der Waals surface area contributed by atoms with Crippen molar-refractivity contribution in [3.05, 3.63) is 95.7 Å². The van der Waals surface area contributed by atoms with E-state index in [1.54, 1.807) is 22.9 Å². The average Bonchev–Trinajstić information content (AvgIpc) is 3.10. The summed E-state index contributed by atoms with van der Waals surface area (Å²) in [6.07, 6.45) is 0. The Hall–Kier alpha value is -3.51. The molecule has 0 unspecified atom stereocenters. The van der Waals surface area contributed by atoms with Crippen molar-refractivity contribution < 1.29 is 14.3 Å². The van der Waals surface area contributed by atoms with Crippen LogP contribution < -0.4 is 9.47 Å². The number of nitrogens with zero attached hydrogens (tertiary/aromatic N) is 2. The van der Waals surface area contributed by atoms with E-state index < -0.39 is 5.97 Å². The summed E-state index contributed by atoms with van der Waals surface area (Å²) in [5, 5.41) is 4.67. The van der Waals surface area contributed by atoms with Gasteiger partial charge in [-0.25, -0.2) is 4.79 Å². The molecule has 1 heterocycles. The van der Waals surface area contributed by atoms with Gasteiger partial charge in [0.2, 0.25) is 5.88 Å². The number of aromatic nitrogens is 2. The molecule has 0 amide bonds. The topological polar surface area (TPSA) is 53.4 Å². The summed E-state index contributed by atoms with van der Waals surface area (Å²) in [4.78, 5) is 14.9. The molecule has 156 valence electrons. The van der Waals surface area contributed by atoms with E-state index in [-0.39, 0.29) is 0 Å². The van der Waals surface area contributed by atoms with Crippen LogP contribution in [0.2, 0.25) is 0 Å². The summed E-state index contributed by atoms with van der Waals surface area (Å²) in [6.45, 7) is 3.96. The van der Waals surface area contributed by atoms with Crippen LogP contribution in [0.4, 0.5) is 0 Å². The van der Waals surface area contributed by atoms with Crippen LogP contribution >= 0.6 is 11.8 Å². The summed E-state index contributed by atoms with van der Waals surface area (Å²) in [7, 11) is 1.53. The minimum absolute atomic E-state index is 0.356. The Bertz CT molecular complexity index is 1200. The standard InChI is InChI=1S/C25H22N2O3S/c1-17-13-15-20(16-14-17)31-23-18(2)26-27(19-9-5-4-6-10-19)24(23)30-25(28)21-11-7-8-12-22(21)29-3/h4-16H,1-3H3. The number of carbonyl (C=O) groups is 1. The van der Waals surface area contributed by atoms with Gasteiger partial charge >= 0.3 is 5.97 Å². The molecule has 6 heteroatoms. The lowest BCUT2D eigenvalue weighted by molar-refractivity contribution is 0.0715. The van der Waals surface area contributed by atoms with Crippen molar-refractivity contribution in [2.45, 2.75) is 23.6 Å². The van der Waals surface area contributed by atoms with E-state index in [4.69, 9.17) is 9.47 Å². The third-order valence-corrected chi connectivity index (χ3v) is 5.91. The lowest BCUT2D eigenvalue weighted by atomic mass is 10.2. The molecule has 0 atom stereocenters. The Kier molecular flexibility index (Phi) is 6.09. The minimum Gasteiger partial charge on any atom is -0.496 e. The van der Waals surface area contributed by atoms with Gasteiger partial charge in [-0.1, -0.05) is 59.8 Å². The van der Waals surface area contributed by atoms with E-state index in [0.717, 1.165) is 21.2 Å². The van der Waals surface area contributed by atoms with Crippen LogP contribution in [0, 0.1) is 13.8 Å². The fraction of sp³-hybridized carbons (Fsp3) is 0.120. The van der Waals surface area contributed by atoms with Crippen LogP contribution in [0.1, 0.15) is 21.6 Å². The molecule has 3 aromatic carbocycles. The molecule has 5 nitrogen and oxygen atoms in total. The molecule has 0 spiro atoms. The molecule has 0 fully saturated rings. The molecule has 0 bridgehead atoms. The number of benzene rings is 3. The Morgan fingerprint density at radius 2 is 1.58 bits per heavy atom. The highest BCUT2D eigenvalue weighted by molar-refractivity contribution is 7.99. The van der Waals surface area contributed by atoms with Crippen LogP contribution in [-0.4, -0.2) is 22.9 Å². The first-order chi connectivity index (χ1) is 15.1. The molecule has 0 aliphatic heterocycles. The van der Waals surface area contributed by atoms with Crippen molar-refractivity contribution in [3.63, 3.8) is 0 Å². The fourth-order valence-corrected chi connectivity index (χ4v) is 4.04. The van der Waals surface area contributed by atoms with E-state index >= 15 is 0 Å². The van der Waals surface area contributed by atoms with E-state index in [2.05, 4.69) is 17.2 Å². The molecule has 0 saturated heterocycles. The predicted octanol–water partition coefficient (Wildman–Crippen LogP) is 5.87. The number of para-hydroxylation sites is 2. The van der Waals surface area contributed by atoms with Crippen molar-refractivity contribution in [1.29, 1.82) is 0 Å². The normalized spacial score (nSPS) is 10.7. The van der Waals surface area contributed by atoms with Gasteiger partial charge in [0.15, 0.2) is 0 Å². The molecule has 0 aliphatic rings. The van der Waals surface area contributed by atoms with Crippen molar-refractivity contribution in [1.82, 2.24) is 9.78 Å². The first-order valence-electron chi connectivity index (χ1n) is 9.81. The Morgan fingerprint density at radius 3 is 2.29 bits per heavy atom. The zero-order valence-electron chi connectivity index (χ0n) is 17.5. The molecule has 0 aliphatic carbocycles. The summed E-state index contributed by atoms with van der Waals surface area (Å²) in [5.74, 6) is 0.341. The van der Waals surface area contributed by atoms with Crippen LogP contribution in [-0.2, 0) is 0 Å². The second kappa shape index (κ2) is 9.10. The van der Waals surface area contributed by atoms with Crippen molar-refractivity contribution in [2.24, 2.45) is 0 Å². The molecule has 0 radical (unpaired) electrons. The number of rotatable bonds is 6. The summed E-state index contributed by atoms with van der Waals surface area (Å²) >= 11 is 1.52. The zero-order chi connectivity index (χ0) is 21.8. The number of hydrogen-bond donors (Lipinski definition) is 0. The first kappa shape index (κ1) is 20.8. The number of hydrogen-bond acceptors (Lipinski definition) is 5. The largest absolute Gasteiger partial charge is 0.496 e. The monoisotopic (exact) mass is 430 g/mol. The highest BCUT2D eigenvalue weighted by atomic mass is 32.2. The molecule has 0 N–H and O–H groups in total. The van der Waals surface area contributed by atoms with Crippen molar-refractivity contribution in [3.8, 4) is 17.3 Å². The van der Waals surface area contributed by atoms with Gasteiger partial charge in [0.1, 0.15) is 11.3 Å². The lowest BCUT2D eigenvalue weighted by Gasteiger charge is -2.12. The second-order valence-electron chi connectivity index (χ2n) is 6.97. The van der Waals surface area contributed by atoms with Crippen molar-refractivity contribution >= 4 is 17.7 Å². The van der Waals surface area contributed by atoms with E-state index in [1.165, 1.54) is 24.4 Å². The van der Waals surface area contributed by atoms with Gasteiger partial charge in [0.05, 0.1) is 23.4 Å². The molecule has 31 heavy (non-hydrogen) atoms. The van der Waals surface area contributed by atoms with E-state index in [0.29, 0.717) is 17.2 Å². The maximum atomic E-state index is 13.1. The van der Waals surface area contributed by atoms with Gasteiger partial charge in [-0.2, -0.15) is 9.78 Å². The van der Waals surface area contributed by atoms with E-state index in [9.17, 15) is 4.79 Å². The third kappa shape index (κ3) is 4.49. The molecule has 0 saturated carbocycles.